The van der Waals surface area contributed by atoms with Crippen molar-refractivity contribution in [3.05, 3.63) is 23.9 Å². The molecule has 3 rings (SSSR count). The van der Waals surface area contributed by atoms with Gasteiger partial charge in [-0.15, -0.1) is 0 Å². The highest BCUT2D eigenvalue weighted by molar-refractivity contribution is 7.99. The molecule has 0 unspecified atom stereocenters. The summed E-state index contributed by atoms with van der Waals surface area (Å²) in [7, 11) is 3.24. The molecule has 6 heteroatoms. The monoisotopic (exact) mass is 292 g/mol. The molecule has 1 N–H and O–H groups in total. The second kappa shape index (κ2) is 5.38. The van der Waals surface area contributed by atoms with Crippen LogP contribution in [0.4, 0.5) is 0 Å². The largest absolute Gasteiger partial charge is 0.497 e. The Morgan fingerprint density at radius 3 is 2.90 bits per heavy atom. The van der Waals surface area contributed by atoms with E-state index in [9.17, 15) is 5.11 Å². The number of thioether (sulfide) groups is 1. The number of aliphatic hydroxyl groups is 1. The lowest BCUT2D eigenvalue weighted by molar-refractivity contribution is 0.271. The zero-order valence-electron chi connectivity index (χ0n) is 11.4. The van der Waals surface area contributed by atoms with Crippen LogP contribution < -0.4 is 9.47 Å². The molecule has 1 aromatic carbocycles. The van der Waals surface area contributed by atoms with Crippen molar-refractivity contribution in [2.24, 2.45) is 0 Å². The maximum Gasteiger partial charge on any atom is 0.168 e. The Morgan fingerprint density at radius 2 is 2.20 bits per heavy atom. The Bertz CT molecular complexity index is 640. The summed E-state index contributed by atoms with van der Waals surface area (Å²) < 4.78 is 12.7. The quantitative estimate of drug-likeness (QED) is 0.936. The van der Waals surface area contributed by atoms with Crippen molar-refractivity contribution >= 4 is 11.8 Å². The maximum absolute atomic E-state index is 9.66. The summed E-state index contributed by atoms with van der Waals surface area (Å²) in [6.07, 6.45) is 0. The van der Waals surface area contributed by atoms with Gasteiger partial charge in [-0.2, -0.15) is 0 Å². The van der Waals surface area contributed by atoms with Crippen LogP contribution in [-0.4, -0.2) is 34.6 Å². The van der Waals surface area contributed by atoms with Crippen molar-refractivity contribution in [2.45, 2.75) is 18.3 Å². The van der Waals surface area contributed by atoms with Crippen molar-refractivity contribution < 1.29 is 14.6 Å². The lowest BCUT2D eigenvalue weighted by Gasteiger charge is -2.10. The van der Waals surface area contributed by atoms with Crippen LogP contribution in [0.25, 0.3) is 11.3 Å². The molecule has 0 amide bonds. The molecular weight excluding hydrogens is 276 g/mol. The van der Waals surface area contributed by atoms with E-state index >= 15 is 0 Å². The lowest BCUT2D eigenvalue weighted by Crippen LogP contribution is -2.01. The Kier molecular flexibility index (Phi) is 3.58. The average Bonchev–Trinajstić information content (AvgIpc) is 3.06. The summed E-state index contributed by atoms with van der Waals surface area (Å²) in [5.74, 6) is 2.44. The third kappa shape index (κ3) is 2.05. The van der Waals surface area contributed by atoms with Gasteiger partial charge in [0.25, 0.3) is 0 Å². The molecule has 1 aromatic heterocycles. The molecule has 1 aliphatic heterocycles. The second-order valence-electron chi connectivity index (χ2n) is 4.41. The first-order valence-corrected chi connectivity index (χ1v) is 7.32. The van der Waals surface area contributed by atoms with Gasteiger partial charge in [0.1, 0.15) is 11.5 Å². The minimum Gasteiger partial charge on any atom is -0.497 e. The van der Waals surface area contributed by atoms with Crippen LogP contribution in [0.2, 0.25) is 0 Å². The number of aliphatic hydroxyl groups excluding tert-OH is 1. The molecule has 20 heavy (non-hydrogen) atoms. The topological polar surface area (TPSA) is 56.5 Å². The van der Waals surface area contributed by atoms with Crippen molar-refractivity contribution in [2.75, 3.05) is 20.0 Å². The van der Waals surface area contributed by atoms with E-state index in [1.54, 1.807) is 26.0 Å². The first-order valence-electron chi connectivity index (χ1n) is 6.34. The van der Waals surface area contributed by atoms with Gasteiger partial charge in [0, 0.05) is 23.9 Å². The predicted molar refractivity (Wildman–Crippen MR) is 77.4 cm³/mol. The number of aromatic nitrogens is 2. The molecule has 5 nitrogen and oxygen atoms in total. The average molecular weight is 292 g/mol. The van der Waals surface area contributed by atoms with Crippen LogP contribution in [-0.2, 0) is 13.2 Å². The van der Waals surface area contributed by atoms with E-state index in [4.69, 9.17) is 9.47 Å². The third-order valence-electron chi connectivity index (χ3n) is 3.40. The fourth-order valence-corrected chi connectivity index (χ4v) is 3.37. The molecule has 1 aliphatic rings. The predicted octanol–water partition coefficient (Wildman–Crippen LogP) is 2.17. The number of imidazole rings is 1. The molecule has 0 bridgehead atoms. The number of fused-ring (bicyclic) bond motifs is 1. The number of benzene rings is 1. The Morgan fingerprint density at radius 1 is 1.35 bits per heavy atom. The Balaban J connectivity index is 2.14. The first-order chi connectivity index (χ1) is 9.78. The number of hydrogen-bond acceptors (Lipinski definition) is 5. The second-order valence-corrected chi connectivity index (χ2v) is 5.48. The van der Waals surface area contributed by atoms with E-state index in [0.29, 0.717) is 5.75 Å². The van der Waals surface area contributed by atoms with E-state index in [1.807, 2.05) is 18.2 Å². The van der Waals surface area contributed by atoms with Gasteiger partial charge in [-0.25, -0.2) is 4.98 Å². The highest BCUT2D eigenvalue weighted by atomic mass is 32.2. The highest BCUT2D eigenvalue weighted by Crippen LogP contribution is 2.38. The number of nitrogens with zero attached hydrogens (tertiary/aromatic N) is 2. The Hall–Kier alpha value is -1.66. The molecule has 2 aromatic rings. The molecule has 0 atom stereocenters. The lowest BCUT2D eigenvalue weighted by atomic mass is 10.1. The van der Waals surface area contributed by atoms with E-state index in [-0.39, 0.29) is 6.61 Å². The summed E-state index contributed by atoms with van der Waals surface area (Å²) in [5, 5.41) is 10.6. The van der Waals surface area contributed by atoms with Gasteiger partial charge < -0.3 is 19.1 Å². The molecule has 0 spiro atoms. The number of rotatable bonds is 4. The molecule has 0 radical (unpaired) electrons. The molecule has 2 heterocycles. The van der Waals surface area contributed by atoms with Crippen molar-refractivity contribution in [1.29, 1.82) is 0 Å². The van der Waals surface area contributed by atoms with Gasteiger partial charge in [0.2, 0.25) is 0 Å². The Labute approximate surface area is 121 Å². The van der Waals surface area contributed by atoms with Crippen molar-refractivity contribution in [3.8, 4) is 22.8 Å². The summed E-state index contributed by atoms with van der Waals surface area (Å²) in [5.41, 5.74) is 2.50. The summed E-state index contributed by atoms with van der Waals surface area (Å²) >= 11 is 1.71. The SMILES string of the molecule is COc1ccc(-c2nc3n(c2CO)CCS3)c(OC)c1. The van der Waals surface area contributed by atoms with Gasteiger partial charge in [-0.3, -0.25) is 0 Å². The molecule has 106 valence electrons. The molecule has 0 fully saturated rings. The van der Waals surface area contributed by atoms with Gasteiger partial charge in [0.05, 0.1) is 32.2 Å². The van der Waals surface area contributed by atoms with Crippen molar-refractivity contribution in [1.82, 2.24) is 9.55 Å². The zero-order chi connectivity index (χ0) is 14.1. The van der Waals surface area contributed by atoms with E-state index in [1.165, 1.54) is 0 Å². The normalized spacial score (nSPS) is 13.3. The number of methoxy groups -OCH3 is 2. The van der Waals surface area contributed by atoms with E-state index in [0.717, 1.165) is 40.2 Å². The summed E-state index contributed by atoms with van der Waals surface area (Å²) in [4.78, 5) is 4.64. The van der Waals surface area contributed by atoms with E-state index < -0.39 is 0 Å². The minimum absolute atomic E-state index is 0.0297. The van der Waals surface area contributed by atoms with Crippen LogP contribution in [0.15, 0.2) is 23.4 Å². The fraction of sp³-hybridized carbons (Fsp3) is 0.357. The van der Waals surface area contributed by atoms with Gasteiger partial charge >= 0.3 is 0 Å². The van der Waals surface area contributed by atoms with Crippen LogP contribution in [0, 0.1) is 0 Å². The highest BCUT2D eigenvalue weighted by Gasteiger charge is 2.23. The van der Waals surface area contributed by atoms with Crippen LogP contribution in [0.5, 0.6) is 11.5 Å². The van der Waals surface area contributed by atoms with Crippen LogP contribution in [0.3, 0.4) is 0 Å². The molecule has 0 saturated heterocycles. The smallest absolute Gasteiger partial charge is 0.168 e. The summed E-state index contributed by atoms with van der Waals surface area (Å²) in [6, 6.07) is 5.62. The molecule has 0 aliphatic carbocycles. The van der Waals surface area contributed by atoms with Crippen LogP contribution in [0.1, 0.15) is 5.69 Å². The first kappa shape index (κ1) is 13.3. The van der Waals surface area contributed by atoms with Crippen LogP contribution >= 0.6 is 11.8 Å². The maximum atomic E-state index is 9.66. The number of ether oxygens (including phenoxy) is 2. The van der Waals surface area contributed by atoms with Gasteiger partial charge in [0.15, 0.2) is 5.16 Å². The third-order valence-corrected chi connectivity index (χ3v) is 4.35. The van der Waals surface area contributed by atoms with E-state index in [2.05, 4.69) is 9.55 Å². The van der Waals surface area contributed by atoms with Crippen molar-refractivity contribution in [3.63, 3.8) is 0 Å². The molecular formula is C14H16N2O3S. The van der Waals surface area contributed by atoms with Gasteiger partial charge in [-0.05, 0) is 12.1 Å². The fourth-order valence-electron chi connectivity index (χ4n) is 2.40. The molecule has 0 saturated carbocycles. The minimum atomic E-state index is -0.0297. The number of hydrogen-bond donors (Lipinski definition) is 1. The standard InChI is InChI=1S/C14H16N2O3S/c1-18-9-3-4-10(12(7-9)19-2)13-11(8-17)16-5-6-20-14(16)15-13/h3-4,7,17H,5-6,8H2,1-2H3. The zero-order valence-corrected chi connectivity index (χ0v) is 12.2. The van der Waals surface area contributed by atoms with Gasteiger partial charge in [-0.1, -0.05) is 11.8 Å². The summed E-state index contributed by atoms with van der Waals surface area (Å²) in [6.45, 7) is 0.861.